The molecule has 0 aromatic carbocycles. The lowest BCUT2D eigenvalue weighted by atomic mass is 9.98. The molecular weight excluding hydrogens is 1830 g/mol. The van der Waals surface area contributed by atoms with Crippen molar-refractivity contribution < 1.29 is 81.5 Å². The van der Waals surface area contributed by atoms with Gasteiger partial charge in [-0.25, -0.2) is 10.8 Å². The van der Waals surface area contributed by atoms with Crippen LogP contribution in [0.15, 0.2) is 12.5 Å². The predicted molar refractivity (Wildman–Crippen MR) is 547 cm³/mol. The zero-order valence-corrected chi connectivity index (χ0v) is 88.0. The highest BCUT2D eigenvalue weighted by Crippen LogP contribution is 2.20. The van der Waals surface area contributed by atoms with Gasteiger partial charge in [0.25, 0.3) is 0 Å². The van der Waals surface area contributed by atoms with E-state index in [1.807, 2.05) is 111 Å². The van der Waals surface area contributed by atoms with Crippen molar-refractivity contribution in [2.24, 2.45) is 93.3 Å². The summed E-state index contributed by atoms with van der Waals surface area (Å²) in [4.78, 5) is 251. The van der Waals surface area contributed by atoms with E-state index in [0.29, 0.717) is 128 Å². The van der Waals surface area contributed by atoms with Crippen LogP contribution in [0.25, 0.3) is 0 Å². The zero-order chi connectivity index (χ0) is 107. The van der Waals surface area contributed by atoms with Gasteiger partial charge in [-0.15, -0.1) is 0 Å². The van der Waals surface area contributed by atoms with Gasteiger partial charge in [0, 0.05) is 31.3 Å². The van der Waals surface area contributed by atoms with E-state index in [9.17, 15) is 62.3 Å². The number of rotatable bonds is 79. The van der Waals surface area contributed by atoms with Gasteiger partial charge in [0.05, 0.1) is 18.9 Å². The van der Waals surface area contributed by atoms with Crippen LogP contribution in [0.2, 0.25) is 0 Å². The first-order chi connectivity index (χ1) is 67.2. The number of hydrazine groups is 1. The third kappa shape index (κ3) is 56.8. The molecule has 34 N–H and O–H groups in total. The van der Waals surface area contributed by atoms with E-state index in [-0.39, 0.29) is 176 Å². The molecular formula is C98H185N27O17. The Morgan fingerprint density at radius 3 is 0.718 bits per heavy atom. The molecule has 17 amide bonds. The fourth-order valence-electron chi connectivity index (χ4n) is 16.0. The standard InChI is InChI=1S/C98H185N27O17/c1-58(2)46-67(105)84(128)111-69(33-20-26-40-100)86(130)113-70(34-21-27-41-101)87(131)118-77(50-62(9)10)94(138)121-76(49-61(7)8)93(137)115-72(36-23-29-43-103)89(133)119-79(52-64(13)14)96(140)123-80(53-65(15)16)97(141)124-81(54-66-55-107-57-110-66)98(142)116-73(37-24-30-44-104)90(134)120-78(51-63(11)12)95(139)122-75(48-60(5)6)92(136)114-71(35-22-28-42-102)88(132)117-74(47-59(3)4)91(135)112-68(32-19-25-39-99)85(129)109-56-83(127)108-45-31-17-18-38-82(126)125-106/h55,57-65,67-81H,17-54,56,99-106H2,1-16H3,(H,107,110)(H,108,127)(H,109,129)(H,111,128)(H,112,135)(H,113,130)(H,114,136)(H,115,137)(H,116,142)(H,117,132)(H,118,131)(H,119,133)(H,120,134)(H,121,138)(H,122,139)(H,123,140)(H,124,141)(H,125,126)/t67-,68-,69-,70-,71-,72-,73-,74-,75-,76-,77-,78-,79-,80-,81-/m0/s1. The second-order valence-corrected chi connectivity index (χ2v) is 40.9. The van der Waals surface area contributed by atoms with E-state index < -0.39 is 192 Å². The average molecular weight is 2010 g/mol. The summed E-state index contributed by atoms with van der Waals surface area (Å²) in [5.74, 6) is -8.25. The molecule has 1 rings (SSSR count). The monoisotopic (exact) mass is 2010 g/mol. The zero-order valence-electron chi connectivity index (χ0n) is 88.0. The average Bonchev–Trinajstić information content (AvgIpc) is 1.10. The Morgan fingerprint density at radius 1 is 0.261 bits per heavy atom. The number of nitrogens with one attached hydrogen (secondary N) is 18. The Bertz CT molecular complexity index is 3910. The van der Waals surface area contributed by atoms with E-state index in [4.69, 9.17) is 46.0 Å². The number of nitrogens with zero attached hydrogens (tertiary/aromatic N) is 1. The number of hydrogen-bond donors (Lipinski definition) is 26. The SMILES string of the molecule is CC(C)C[C@H](NC(=O)[C@H](CCCCN)NC(=O)[C@H](CC(C)C)NC(=O)[C@H](CC(C)C)NC(=O)[C@H](CCCCN)NC(=O)[C@H](Cc1cnc[nH]1)NC(=O)[C@H](CC(C)C)NC(=O)[C@H](CC(C)C)NC(=O)[C@H](CCCCN)NC(=O)[C@H](CC(C)C)NC(=O)[C@H](CC(C)C)NC(=O)[C@H](CCCCN)NC(=O)[C@H](CCCCN)NC(=O)[C@@H](N)CC(C)C)C(=O)N[C@@H](CCCCN)C(=O)NCC(=O)NCCCCCC(=O)NN. The van der Waals surface area contributed by atoms with Crippen molar-refractivity contribution in [2.45, 2.75) is 400 Å². The van der Waals surface area contributed by atoms with Crippen LogP contribution in [0.4, 0.5) is 0 Å². The predicted octanol–water partition coefficient (Wildman–Crippen LogP) is -0.00780. The number of aromatic nitrogens is 2. The molecule has 0 unspecified atom stereocenters. The van der Waals surface area contributed by atoms with Crippen LogP contribution in [0.1, 0.15) is 309 Å². The van der Waals surface area contributed by atoms with Crippen LogP contribution in [-0.2, 0) is 87.9 Å². The molecule has 0 aliphatic carbocycles. The number of nitrogens with two attached hydrogens (primary N) is 8. The Kier molecular flexibility index (Phi) is 67.6. The van der Waals surface area contributed by atoms with E-state index in [0.717, 1.165) is 0 Å². The lowest BCUT2D eigenvalue weighted by molar-refractivity contribution is -0.137. The molecule has 44 nitrogen and oxygen atoms in total. The van der Waals surface area contributed by atoms with Gasteiger partial charge in [-0.3, -0.25) is 86.9 Å². The van der Waals surface area contributed by atoms with E-state index in [1.54, 1.807) is 0 Å². The second kappa shape index (κ2) is 73.9. The minimum absolute atomic E-state index is 0.00372. The van der Waals surface area contributed by atoms with Gasteiger partial charge in [-0.05, 0) is 266 Å². The van der Waals surface area contributed by atoms with Crippen molar-refractivity contribution in [2.75, 3.05) is 52.4 Å². The highest BCUT2D eigenvalue weighted by Gasteiger charge is 2.40. The summed E-state index contributed by atoms with van der Waals surface area (Å²) >= 11 is 0. The normalized spacial score (nSPS) is 14.7. The number of imidazole rings is 1. The van der Waals surface area contributed by atoms with Crippen molar-refractivity contribution in [1.82, 2.24) is 100 Å². The first-order valence-corrected chi connectivity index (χ1v) is 51.9. The third-order valence-corrected chi connectivity index (χ3v) is 23.5. The number of aromatic amines is 1. The Balaban J connectivity index is 3.82. The summed E-state index contributed by atoms with van der Waals surface area (Å²) in [6.07, 6.45) is 10.9. The van der Waals surface area contributed by atoms with E-state index >= 15 is 19.2 Å². The Hall–Kier alpha value is -10.1. The van der Waals surface area contributed by atoms with Crippen LogP contribution in [0.3, 0.4) is 0 Å². The quantitative estimate of drug-likeness (QED) is 0.0176. The maximum atomic E-state index is 15.1. The maximum absolute atomic E-state index is 15.1. The van der Waals surface area contributed by atoms with Crippen LogP contribution in [0.5, 0.6) is 0 Å². The highest BCUT2D eigenvalue weighted by atomic mass is 16.2. The molecule has 0 aliphatic rings. The molecule has 0 saturated carbocycles. The van der Waals surface area contributed by atoms with Crippen molar-refractivity contribution in [3.8, 4) is 0 Å². The third-order valence-electron chi connectivity index (χ3n) is 23.5. The molecule has 0 aliphatic heterocycles. The van der Waals surface area contributed by atoms with Gasteiger partial charge in [0.15, 0.2) is 0 Å². The Labute approximate surface area is 842 Å². The van der Waals surface area contributed by atoms with E-state index in [2.05, 4.69) is 100 Å². The number of unbranched alkanes of at least 4 members (excludes halogenated alkanes) is 8. The summed E-state index contributed by atoms with van der Waals surface area (Å²) in [5.41, 5.74) is 44.0. The second-order valence-electron chi connectivity index (χ2n) is 40.9. The summed E-state index contributed by atoms with van der Waals surface area (Å²) in [6.45, 7) is 30.9. The first-order valence-electron chi connectivity index (χ1n) is 51.9. The lowest BCUT2D eigenvalue weighted by Crippen LogP contribution is -2.61. The smallest absolute Gasteiger partial charge is 0.243 e. The van der Waals surface area contributed by atoms with Gasteiger partial charge in [-0.1, -0.05) is 117 Å². The molecule has 142 heavy (non-hydrogen) atoms. The molecule has 15 atom stereocenters. The minimum Gasteiger partial charge on any atom is -0.355 e. The molecule has 1 aromatic rings. The molecule has 0 bridgehead atoms. The van der Waals surface area contributed by atoms with Gasteiger partial charge >= 0.3 is 0 Å². The van der Waals surface area contributed by atoms with Crippen molar-refractivity contribution in [1.29, 1.82) is 0 Å². The molecule has 0 radical (unpaired) electrons. The van der Waals surface area contributed by atoms with Gasteiger partial charge < -0.3 is 130 Å². The number of carbonyl (C=O) groups excluding carboxylic acids is 17. The van der Waals surface area contributed by atoms with Crippen LogP contribution >= 0.6 is 0 Å². The molecule has 1 aromatic heterocycles. The number of hydrogen-bond acceptors (Lipinski definition) is 26. The van der Waals surface area contributed by atoms with Crippen molar-refractivity contribution in [3.63, 3.8) is 0 Å². The fraction of sp³-hybridized carbons (Fsp3) is 0.796. The largest absolute Gasteiger partial charge is 0.355 e. The fourth-order valence-corrected chi connectivity index (χ4v) is 16.0. The maximum Gasteiger partial charge on any atom is 0.243 e. The van der Waals surface area contributed by atoms with Crippen LogP contribution < -0.4 is 136 Å². The molecule has 44 heteroatoms. The summed E-state index contributed by atoms with van der Waals surface area (Å²) in [6, 6.07) is -18.9. The molecule has 1 heterocycles. The summed E-state index contributed by atoms with van der Waals surface area (Å²) in [5, 5.41) is 44.8. The minimum atomic E-state index is -1.48. The van der Waals surface area contributed by atoms with E-state index in [1.165, 1.54) is 12.5 Å². The van der Waals surface area contributed by atoms with Gasteiger partial charge in [0.1, 0.15) is 84.6 Å². The van der Waals surface area contributed by atoms with Crippen molar-refractivity contribution in [3.05, 3.63) is 18.2 Å². The number of H-pyrrole nitrogens is 1. The lowest BCUT2D eigenvalue weighted by Gasteiger charge is -2.30. The highest BCUT2D eigenvalue weighted by molar-refractivity contribution is 6.01. The van der Waals surface area contributed by atoms with Crippen LogP contribution in [-0.4, -0.2) is 253 Å². The first kappa shape index (κ1) is 130. The number of carbonyl (C=O) groups is 17. The van der Waals surface area contributed by atoms with Crippen LogP contribution in [0, 0.1) is 47.3 Å². The number of amides is 17. The molecule has 0 fully saturated rings. The Morgan fingerprint density at radius 2 is 0.486 bits per heavy atom. The molecule has 0 saturated heterocycles. The topological polar surface area (TPSA) is 732 Å². The summed E-state index contributed by atoms with van der Waals surface area (Å²) < 4.78 is 0. The van der Waals surface area contributed by atoms with Gasteiger partial charge in [-0.2, -0.15) is 0 Å². The van der Waals surface area contributed by atoms with Gasteiger partial charge in [0.2, 0.25) is 100 Å². The molecule has 0 spiro atoms. The summed E-state index contributed by atoms with van der Waals surface area (Å²) in [7, 11) is 0. The van der Waals surface area contributed by atoms with Crippen molar-refractivity contribution >= 4 is 100 Å². The molecule has 814 valence electrons.